The van der Waals surface area contributed by atoms with Gasteiger partial charge in [0.15, 0.2) is 0 Å². The Bertz CT molecular complexity index is 872. The van der Waals surface area contributed by atoms with E-state index in [4.69, 9.17) is 4.74 Å². The molecular weight excluding hydrogens is 361 g/mol. The monoisotopic (exact) mass is 385 g/mol. The van der Waals surface area contributed by atoms with Gasteiger partial charge in [0.25, 0.3) is 0 Å². The number of nitrogens with one attached hydrogen (secondary N) is 2. The van der Waals surface area contributed by atoms with Crippen molar-refractivity contribution in [3.05, 3.63) is 42.3 Å². The molecule has 1 heterocycles. The molecule has 1 aromatic carbocycles. The first kappa shape index (κ1) is 19.8. The molecule has 0 aliphatic heterocycles. The lowest BCUT2D eigenvalue weighted by Crippen LogP contribution is -2.40. The fourth-order valence-electron chi connectivity index (χ4n) is 3.64. The number of carbonyl (C=O) groups excluding carboxylic acids is 2. The Morgan fingerprint density at radius 1 is 1.21 bits per heavy atom. The Morgan fingerprint density at radius 3 is 2.79 bits per heavy atom. The number of benzene rings is 1. The average molecular weight is 385 g/mol. The Labute approximate surface area is 163 Å². The number of anilines is 1. The van der Waals surface area contributed by atoms with E-state index in [0.717, 1.165) is 24.8 Å². The maximum atomic E-state index is 13.4. The summed E-state index contributed by atoms with van der Waals surface area (Å²) in [6, 6.07) is 7.86. The quantitative estimate of drug-likeness (QED) is 0.825. The van der Waals surface area contributed by atoms with Crippen LogP contribution in [0.1, 0.15) is 32.6 Å². The molecule has 28 heavy (non-hydrogen) atoms. The number of hydrogen-bond acceptors (Lipinski definition) is 4. The van der Waals surface area contributed by atoms with Crippen molar-refractivity contribution < 1.29 is 18.7 Å². The van der Waals surface area contributed by atoms with Gasteiger partial charge in [0.1, 0.15) is 17.4 Å². The summed E-state index contributed by atoms with van der Waals surface area (Å²) in [5.74, 6) is 0.106. The molecule has 0 spiro atoms. The van der Waals surface area contributed by atoms with Crippen molar-refractivity contribution in [2.75, 3.05) is 12.4 Å². The molecule has 1 fully saturated rings. The summed E-state index contributed by atoms with van der Waals surface area (Å²) < 4.78 is 18.7. The first-order chi connectivity index (χ1) is 13.5. The standard InChI is InChI=1S/C21H24FN3O3/c1-13(26)24-17-5-3-4-15(10-17)21(27)25-20-11-14(8-9-23-20)18-7-6-16(22)12-19(18)28-2/h6-9,11-12,15,17H,3-5,10H2,1-2H3,(H,24,26)(H,23,25,27)/t15-,17-/m0/s1. The first-order valence-electron chi connectivity index (χ1n) is 9.34. The number of ether oxygens (including phenoxy) is 1. The maximum Gasteiger partial charge on any atom is 0.228 e. The lowest BCUT2D eigenvalue weighted by molar-refractivity contribution is -0.123. The molecule has 1 saturated carbocycles. The molecule has 3 rings (SSSR count). The minimum Gasteiger partial charge on any atom is -0.496 e. The molecule has 0 bridgehead atoms. The van der Waals surface area contributed by atoms with E-state index in [1.165, 1.54) is 26.2 Å². The van der Waals surface area contributed by atoms with Gasteiger partial charge in [-0.15, -0.1) is 0 Å². The van der Waals surface area contributed by atoms with Crippen LogP contribution in [0.5, 0.6) is 5.75 Å². The molecule has 1 aromatic heterocycles. The largest absolute Gasteiger partial charge is 0.496 e. The van der Waals surface area contributed by atoms with E-state index in [-0.39, 0.29) is 29.6 Å². The number of nitrogens with zero attached hydrogens (tertiary/aromatic N) is 1. The minimum absolute atomic E-state index is 0.0322. The fourth-order valence-corrected chi connectivity index (χ4v) is 3.64. The molecule has 2 atom stereocenters. The molecule has 0 unspecified atom stereocenters. The van der Waals surface area contributed by atoms with Crippen molar-refractivity contribution in [2.24, 2.45) is 5.92 Å². The molecule has 1 aliphatic rings. The lowest BCUT2D eigenvalue weighted by Gasteiger charge is -2.28. The maximum absolute atomic E-state index is 13.4. The number of pyridine rings is 1. The summed E-state index contributed by atoms with van der Waals surface area (Å²) in [5, 5.41) is 5.77. The van der Waals surface area contributed by atoms with Gasteiger partial charge in [-0.05, 0) is 49.1 Å². The van der Waals surface area contributed by atoms with Gasteiger partial charge in [-0.3, -0.25) is 9.59 Å². The van der Waals surface area contributed by atoms with Crippen LogP contribution in [-0.2, 0) is 9.59 Å². The van der Waals surface area contributed by atoms with Crippen molar-refractivity contribution in [1.82, 2.24) is 10.3 Å². The van der Waals surface area contributed by atoms with Gasteiger partial charge < -0.3 is 15.4 Å². The van der Waals surface area contributed by atoms with Crippen molar-refractivity contribution >= 4 is 17.6 Å². The summed E-state index contributed by atoms with van der Waals surface area (Å²) in [4.78, 5) is 28.2. The van der Waals surface area contributed by atoms with Crippen LogP contribution in [0.4, 0.5) is 10.2 Å². The minimum atomic E-state index is -0.380. The highest BCUT2D eigenvalue weighted by molar-refractivity contribution is 5.92. The number of amides is 2. The number of halogens is 1. The highest BCUT2D eigenvalue weighted by atomic mass is 19.1. The second-order valence-corrected chi connectivity index (χ2v) is 7.02. The Hall–Kier alpha value is -2.96. The third-order valence-corrected chi connectivity index (χ3v) is 4.94. The number of hydrogen-bond donors (Lipinski definition) is 2. The number of carbonyl (C=O) groups is 2. The zero-order chi connectivity index (χ0) is 20.1. The molecule has 0 radical (unpaired) electrons. The predicted octanol–water partition coefficient (Wildman–Crippen LogP) is 3.53. The normalized spacial score (nSPS) is 19.0. The molecule has 6 nitrogen and oxygen atoms in total. The van der Waals surface area contributed by atoms with Crippen molar-refractivity contribution in [2.45, 2.75) is 38.6 Å². The molecule has 1 aliphatic carbocycles. The highest BCUT2D eigenvalue weighted by Gasteiger charge is 2.28. The summed E-state index contributed by atoms with van der Waals surface area (Å²) in [6.45, 7) is 1.49. The molecule has 2 amide bonds. The molecule has 148 valence electrons. The summed E-state index contributed by atoms with van der Waals surface area (Å²) in [7, 11) is 1.48. The van der Waals surface area contributed by atoms with Crippen molar-refractivity contribution in [3.8, 4) is 16.9 Å². The predicted molar refractivity (Wildman–Crippen MR) is 104 cm³/mol. The van der Waals surface area contributed by atoms with Gasteiger partial charge in [-0.25, -0.2) is 9.37 Å². The van der Waals surface area contributed by atoms with E-state index in [1.54, 1.807) is 24.4 Å². The van der Waals surface area contributed by atoms with Crippen LogP contribution in [0.25, 0.3) is 11.1 Å². The topological polar surface area (TPSA) is 80.3 Å². The van der Waals surface area contributed by atoms with Crippen LogP contribution in [-0.4, -0.2) is 29.9 Å². The van der Waals surface area contributed by atoms with Crippen molar-refractivity contribution in [3.63, 3.8) is 0 Å². The number of rotatable bonds is 5. The zero-order valence-electron chi connectivity index (χ0n) is 16.0. The third-order valence-electron chi connectivity index (χ3n) is 4.94. The number of methoxy groups -OCH3 is 1. The Morgan fingerprint density at radius 2 is 2.04 bits per heavy atom. The molecule has 7 heteroatoms. The van der Waals surface area contributed by atoms with Crippen LogP contribution in [0.15, 0.2) is 36.5 Å². The van der Waals surface area contributed by atoms with Gasteiger partial charge in [-0.2, -0.15) is 0 Å². The number of aromatic nitrogens is 1. The summed E-state index contributed by atoms with van der Waals surface area (Å²) >= 11 is 0. The zero-order valence-corrected chi connectivity index (χ0v) is 16.0. The molecular formula is C21H24FN3O3. The van der Waals surface area contributed by atoms with E-state index < -0.39 is 0 Å². The van der Waals surface area contributed by atoms with Gasteiger partial charge in [0.05, 0.1) is 7.11 Å². The molecule has 2 N–H and O–H groups in total. The van der Waals surface area contributed by atoms with Crippen LogP contribution in [0, 0.1) is 11.7 Å². The Balaban J connectivity index is 1.72. The van der Waals surface area contributed by atoms with Gasteiger partial charge in [0, 0.05) is 36.7 Å². The van der Waals surface area contributed by atoms with E-state index in [9.17, 15) is 14.0 Å². The SMILES string of the molecule is COc1cc(F)ccc1-c1ccnc(NC(=O)[C@H]2CCC[C@H](NC(C)=O)C2)c1. The van der Waals surface area contributed by atoms with Crippen LogP contribution >= 0.6 is 0 Å². The molecule has 2 aromatic rings. The summed E-state index contributed by atoms with van der Waals surface area (Å²) in [5.41, 5.74) is 1.48. The van der Waals surface area contributed by atoms with Gasteiger partial charge in [0.2, 0.25) is 11.8 Å². The van der Waals surface area contributed by atoms with Crippen LogP contribution < -0.4 is 15.4 Å². The highest BCUT2D eigenvalue weighted by Crippen LogP contribution is 2.32. The van der Waals surface area contributed by atoms with Crippen LogP contribution in [0.3, 0.4) is 0 Å². The second-order valence-electron chi connectivity index (χ2n) is 7.02. The van der Waals surface area contributed by atoms with E-state index >= 15 is 0 Å². The fraction of sp³-hybridized carbons (Fsp3) is 0.381. The summed E-state index contributed by atoms with van der Waals surface area (Å²) in [6.07, 6.45) is 4.78. The van der Waals surface area contributed by atoms with E-state index in [2.05, 4.69) is 15.6 Å². The lowest BCUT2D eigenvalue weighted by atomic mass is 9.85. The second kappa shape index (κ2) is 8.82. The third kappa shape index (κ3) is 4.85. The van der Waals surface area contributed by atoms with E-state index in [1.807, 2.05) is 0 Å². The average Bonchev–Trinajstić information content (AvgIpc) is 2.67. The van der Waals surface area contributed by atoms with Gasteiger partial charge in [-0.1, -0.05) is 6.42 Å². The Kier molecular flexibility index (Phi) is 6.23. The van der Waals surface area contributed by atoms with Crippen molar-refractivity contribution in [1.29, 1.82) is 0 Å². The van der Waals surface area contributed by atoms with Crippen LogP contribution in [0.2, 0.25) is 0 Å². The molecule has 0 saturated heterocycles. The smallest absolute Gasteiger partial charge is 0.228 e. The van der Waals surface area contributed by atoms with E-state index in [0.29, 0.717) is 23.6 Å². The first-order valence-corrected chi connectivity index (χ1v) is 9.34. The van der Waals surface area contributed by atoms with Gasteiger partial charge >= 0.3 is 0 Å².